The zero-order chi connectivity index (χ0) is 21.6. The minimum absolute atomic E-state index is 0.0816. The fourth-order valence-corrected chi connectivity index (χ4v) is 3.35. The second-order valence-corrected chi connectivity index (χ2v) is 6.75. The zero-order valence-electron chi connectivity index (χ0n) is 18.1. The van der Waals surface area contributed by atoms with Gasteiger partial charge in [0, 0.05) is 32.8 Å². The van der Waals surface area contributed by atoms with Gasteiger partial charge >= 0.3 is 5.97 Å². The quantitative estimate of drug-likeness (QED) is 0.553. The lowest BCUT2D eigenvalue weighted by molar-refractivity contribution is -0.149. The van der Waals surface area contributed by atoms with Crippen LogP contribution in [0.2, 0.25) is 0 Å². The summed E-state index contributed by atoms with van der Waals surface area (Å²) in [4.78, 5) is 30.7. The fraction of sp³-hybridized carbons (Fsp3) is 0.600. The predicted octanol–water partition coefficient (Wildman–Crippen LogP) is 1.56. The van der Waals surface area contributed by atoms with E-state index in [0.717, 1.165) is 27.9 Å². The zero-order valence-corrected chi connectivity index (χ0v) is 18.1. The highest BCUT2D eigenvalue weighted by atomic mass is 16.5. The molecule has 160 valence electrons. The van der Waals surface area contributed by atoms with Gasteiger partial charge in [-0.1, -0.05) is 0 Å². The van der Waals surface area contributed by atoms with Crippen molar-refractivity contribution >= 4 is 22.9 Å². The van der Waals surface area contributed by atoms with Gasteiger partial charge in [-0.3, -0.25) is 9.59 Å². The maximum absolute atomic E-state index is 12.8. The Morgan fingerprint density at radius 2 is 1.93 bits per heavy atom. The van der Waals surface area contributed by atoms with E-state index in [2.05, 4.69) is 10.1 Å². The molecule has 2 aromatic heterocycles. The van der Waals surface area contributed by atoms with Gasteiger partial charge in [-0.2, -0.15) is 0 Å². The number of amides is 1. The van der Waals surface area contributed by atoms with Crippen LogP contribution in [0, 0.1) is 13.8 Å². The van der Waals surface area contributed by atoms with Gasteiger partial charge in [0.15, 0.2) is 5.65 Å². The van der Waals surface area contributed by atoms with Crippen LogP contribution < -0.4 is 4.74 Å². The van der Waals surface area contributed by atoms with E-state index in [1.807, 2.05) is 20.9 Å². The number of fused-ring (bicyclic) bond motifs is 1. The molecule has 29 heavy (non-hydrogen) atoms. The minimum Gasteiger partial charge on any atom is -0.479 e. The van der Waals surface area contributed by atoms with Crippen LogP contribution in [0.1, 0.15) is 30.2 Å². The normalized spacial score (nSPS) is 11.0. The molecule has 9 nitrogen and oxygen atoms in total. The van der Waals surface area contributed by atoms with Gasteiger partial charge in [0.2, 0.25) is 11.8 Å². The topological polar surface area (TPSA) is 95.8 Å². The van der Waals surface area contributed by atoms with Crippen LogP contribution in [0.5, 0.6) is 5.88 Å². The third-order valence-electron chi connectivity index (χ3n) is 4.85. The molecule has 0 fully saturated rings. The van der Waals surface area contributed by atoms with Gasteiger partial charge in [-0.15, -0.1) is 5.10 Å². The van der Waals surface area contributed by atoms with Crippen molar-refractivity contribution in [1.29, 1.82) is 0 Å². The Hall–Kier alpha value is -2.68. The Kier molecular flexibility index (Phi) is 7.95. The van der Waals surface area contributed by atoms with Crippen molar-refractivity contribution in [2.75, 3.05) is 40.5 Å². The number of rotatable bonds is 10. The first-order valence-corrected chi connectivity index (χ1v) is 9.63. The van der Waals surface area contributed by atoms with E-state index in [1.165, 1.54) is 4.90 Å². The Bertz CT molecular complexity index is 878. The number of carbonyl (C=O) groups is 2. The summed E-state index contributed by atoms with van der Waals surface area (Å²) in [7, 11) is 4.96. The van der Waals surface area contributed by atoms with Gasteiger partial charge in [0.1, 0.15) is 6.54 Å². The molecule has 1 amide bonds. The minimum atomic E-state index is -0.424. The average Bonchev–Trinajstić information content (AvgIpc) is 3.00. The number of nitrogens with zero attached hydrogens (tertiary/aromatic N) is 4. The summed E-state index contributed by atoms with van der Waals surface area (Å²) >= 11 is 0. The van der Waals surface area contributed by atoms with Crippen LogP contribution in [-0.4, -0.2) is 72.1 Å². The standard InChI is InChI=1S/C20H30N4O5/c1-7-29-17(26)12-24(10-11-27-5)16(25)9-8-15-13(2)18-19(21-14(15)3)23(4)22-20(18)28-6/h7-12H2,1-6H3. The maximum atomic E-state index is 12.8. The SMILES string of the molecule is CCOC(=O)CN(CCOC)C(=O)CCc1c(C)nc2c(c(OC)nn2C)c1C. The Balaban J connectivity index is 2.20. The molecule has 0 radical (unpaired) electrons. The first kappa shape index (κ1) is 22.6. The molecule has 0 saturated carbocycles. The van der Waals surface area contributed by atoms with E-state index in [0.29, 0.717) is 25.5 Å². The molecule has 0 bridgehead atoms. The van der Waals surface area contributed by atoms with Gasteiger partial charge < -0.3 is 19.1 Å². The summed E-state index contributed by atoms with van der Waals surface area (Å²) in [6, 6.07) is 0. The van der Waals surface area contributed by atoms with E-state index in [4.69, 9.17) is 14.2 Å². The van der Waals surface area contributed by atoms with E-state index >= 15 is 0 Å². The summed E-state index contributed by atoms with van der Waals surface area (Å²) < 4.78 is 17.1. The first-order chi connectivity index (χ1) is 13.8. The fourth-order valence-electron chi connectivity index (χ4n) is 3.35. The summed E-state index contributed by atoms with van der Waals surface area (Å²) in [6.45, 7) is 6.53. The number of methoxy groups -OCH3 is 2. The predicted molar refractivity (Wildman–Crippen MR) is 108 cm³/mol. The van der Waals surface area contributed by atoms with Crippen molar-refractivity contribution < 1.29 is 23.8 Å². The number of aromatic nitrogens is 3. The molecule has 0 aliphatic carbocycles. The van der Waals surface area contributed by atoms with E-state index in [1.54, 1.807) is 25.8 Å². The number of ether oxygens (including phenoxy) is 3. The largest absolute Gasteiger partial charge is 0.479 e. The molecule has 0 spiro atoms. The highest BCUT2D eigenvalue weighted by Gasteiger charge is 2.21. The molecule has 0 aliphatic rings. The molecule has 0 unspecified atom stereocenters. The molecule has 9 heteroatoms. The number of esters is 1. The van der Waals surface area contributed by atoms with Crippen molar-refractivity contribution in [2.45, 2.75) is 33.6 Å². The molecule has 2 aromatic rings. The first-order valence-electron chi connectivity index (χ1n) is 9.63. The summed E-state index contributed by atoms with van der Waals surface area (Å²) in [5, 5.41) is 5.20. The number of pyridine rings is 1. The monoisotopic (exact) mass is 406 g/mol. The molecule has 2 rings (SSSR count). The van der Waals surface area contributed by atoms with Gasteiger partial charge in [-0.25, -0.2) is 9.67 Å². The molecular weight excluding hydrogens is 376 g/mol. The number of hydrogen-bond acceptors (Lipinski definition) is 7. The average molecular weight is 406 g/mol. The van der Waals surface area contributed by atoms with Crippen molar-refractivity contribution in [3.8, 4) is 5.88 Å². The second-order valence-electron chi connectivity index (χ2n) is 6.75. The van der Waals surface area contributed by atoms with Crippen molar-refractivity contribution in [3.05, 3.63) is 16.8 Å². The van der Waals surface area contributed by atoms with Crippen molar-refractivity contribution in [3.63, 3.8) is 0 Å². The lowest BCUT2D eigenvalue weighted by Crippen LogP contribution is -2.38. The van der Waals surface area contributed by atoms with Crippen LogP contribution in [0.15, 0.2) is 0 Å². The Labute approximate surface area is 170 Å². The van der Waals surface area contributed by atoms with Crippen LogP contribution in [0.4, 0.5) is 0 Å². The van der Waals surface area contributed by atoms with E-state index in [-0.39, 0.29) is 25.5 Å². The van der Waals surface area contributed by atoms with Crippen LogP contribution in [-0.2, 0) is 32.5 Å². The summed E-state index contributed by atoms with van der Waals surface area (Å²) in [6.07, 6.45) is 0.754. The van der Waals surface area contributed by atoms with Crippen molar-refractivity contribution in [2.24, 2.45) is 7.05 Å². The lowest BCUT2D eigenvalue weighted by Gasteiger charge is -2.22. The van der Waals surface area contributed by atoms with Crippen LogP contribution >= 0.6 is 0 Å². The highest BCUT2D eigenvalue weighted by Crippen LogP contribution is 2.30. The molecule has 0 saturated heterocycles. The third kappa shape index (κ3) is 5.23. The Morgan fingerprint density at radius 3 is 2.55 bits per heavy atom. The van der Waals surface area contributed by atoms with Crippen LogP contribution in [0.25, 0.3) is 11.0 Å². The highest BCUT2D eigenvalue weighted by molar-refractivity contribution is 5.87. The molecule has 0 aromatic carbocycles. The number of carbonyl (C=O) groups excluding carboxylic acids is 2. The van der Waals surface area contributed by atoms with Crippen molar-refractivity contribution in [1.82, 2.24) is 19.7 Å². The molecular formula is C20H30N4O5. The third-order valence-corrected chi connectivity index (χ3v) is 4.85. The van der Waals surface area contributed by atoms with Crippen LogP contribution in [0.3, 0.4) is 0 Å². The molecule has 0 aliphatic heterocycles. The molecule has 2 heterocycles. The number of hydrogen-bond donors (Lipinski definition) is 0. The second kappa shape index (κ2) is 10.2. The summed E-state index contributed by atoms with van der Waals surface area (Å²) in [5.41, 5.74) is 3.58. The lowest BCUT2D eigenvalue weighted by atomic mass is 10.00. The summed E-state index contributed by atoms with van der Waals surface area (Å²) in [5.74, 6) is -0.0382. The van der Waals surface area contributed by atoms with E-state index < -0.39 is 5.97 Å². The van der Waals surface area contributed by atoms with Gasteiger partial charge in [-0.05, 0) is 38.3 Å². The van der Waals surface area contributed by atoms with Gasteiger partial charge in [0.05, 0.1) is 25.7 Å². The van der Waals surface area contributed by atoms with E-state index in [9.17, 15) is 9.59 Å². The number of aryl methyl sites for hydroxylation is 3. The Morgan fingerprint density at radius 1 is 1.21 bits per heavy atom. The molecule has 0 N–H and O–H groups in total. The van der Waals surface area contributed by atoms with Gasteiger partial charge in [0.25, 0.3) is 0 Å². The maximum Gasteiger partial charge on any atom is 0.325 e. The smallest absolute Gasteiger partial charge is 0.325 e. The molecule has 0 atom stereocenters.